The molecule has 0 aliphatic heterocycles. The van der Waals surface area contributed by atoms with Crippen molar-refractivity contribution in [3.05, 3.63) is 45.7 Å². The predicted molar refractivity (Wildman–Crippen MR) is 69.8 cm³/mol. The predicted octanol–water partition coefficient (Wildman–Crippen LogP) is 0.281. The van der Waals surface area contributed by atoms with Crippen molar-refractivity contribution in [1.29, 1.82) is 0 Å². The zero-order chi connectivity index (χ0) is 14.9. The van der Waals surface area contributed by atoms with E-state index in [4.69, 9.17) is 10.5 Å². The molecule has 2 heterocycles. The zero-order valence-electron chi connectivity index (χ0n) is 10.6. The van der Waals surface area contributed by atoms with Crippen molar-refractivity contribution in [3.63, 3.8) is 0 Å². The number of nitrogens with zero attached hydrogens (tertiary/aromatic N) is 1. The smallest absolute Gasteiger partial charge is 0.343 e. The van der Waals surface area contributed by atoms with Gasteiger partial charge in [0.05, 0.1) is 17.7 Å². The number of ether oxygens (including phenoxy) is 1. The summed E-state index contributed by atoms with van der Waals surface area (Å²) in [5.41, 5.74) is 4.42. The van der Waals surface area contributed by atoms with Gasteiger partial charge in [-0.25, -0.2) is 9.20 Å². The van der Waals surface area contributed by atoms with Crippen LogP contribution in [0, 0.1) is 0 Å². The first-order valence-electron chi connectivity index (χ1n) is 5.82. The molecule has 0 aliphatic carbocycles. The van der Waals surface area contributed by atoms with E-state index in [1.165, 1.54) is 18.2 Å². The second-order valence-corrected chi connectivity index (χ2v) is 3.96. The van der Waals surface area contributed by atoms with E-state index in [2.05, 4.69) is 0 Å². The number of amides is 1. The molecule has 0 spiro atoms. The molecule has 3 N–H and O–H groups in total. The molecule has 0 atom stereocenters. The van der Waals surface area contributed by atoms with Crippen LogP contribution in [0.15, 0.2) is 29.1 Å². The van der Waals surface area contributed by atoms with Gasteiger partial charge in [-0.3, -0.25) is 9.59 Å². The van der Waals surface area contributed by atoms with Crippen molar-refractivity contribution in [1.82, 2.24) is 4.40 Å². The Morgan fingerprint density at radius 3 is 2.65 bits per heavy atom. The van der Waals surface area contributed by atoms with E-state index < -0.39 is 23.3 Å². The lowest BCUT2D eigenvalue weighted by atomic mass is 10.1. The Kier molecular flexibility index (Phi) is 3.43. The molecule has 7 heteroatoms. The topological polar surface area (TPSA) is 111 Å². The molecule has 0 fully saturated rings. The summed E-state index contributed by atoms with van der Waals surface area (Å²) in [5.74, 6) is -2.25. The summed E-state index contributed by atoms with van der Waals surface area (Å²) >= 11 is 0. The fraction of sp³-hybridized carbons (Fsp3) is 0.154. The number of hydrogen-bond donors (Lipinski definition) is 2. The molecule has 0 bridgehead atoms. The molecule has 104 valence electrons. The molecule has 2 aromatic heterocycles. The zero-order valence-corrected chi connectivity index (χ0v) is 10.6. The van der Waals surface area contributed by atoms with Crippen LogP contribution in [0.3, 0.4) is 0 Å². The van der Waals surface area contributed by atoms with Gasteiger partial charge in [0.2, 0.25) is 5.88 Å². The fourth-order valence-electron chi connectivity index (χ4n) is 1.88. The van der Waals surface area contributed by atoms with Crippen molar-refractivity contribution in [2.24, 2.45) is 5.73 Å². The summed E-state index contributed by atoms with van der Waals surface area (Å²) in [6, 6.07) is 5.17. The molecule has 7 nitrogen and oxygen atoms in total. The van der Waals surface area contributed by atoms with Crippen molar-refractivity contribution >= 4 is 17.4 Å². The highest BCUT2D eigenvalue weighted by molar-refractivity contribution is 6.03. The Hall–Kier alpha value is -2.83. The monoisotopic (exact) mass is 276 g/mol. The third-order valence-electron chi connectivity index (χ3n) is 2.73. The van der Waals surface area contributed by atoms with E-state index in [1.54, 1.807) is 6.92 Å². The summed E-state index contributed by atoms with van der Waals surface area (Å²) in [6.45, 7) is 1.68. The quantitative estimate of drug-likeness (QED) is 0.782. The maximum Gasteiger partial charge on any atom is 0.343 e. The lowest BCUT2D eigenvalue weighted by Crippen LogP contribution is -2.21. The van der Waals surface area contributed by atoms with Gasteiger partial charge in [-0.2, -0.15) is 0 Å². The van der Waals surface area contributed by atoms with E-state index >= 15 is 0 Å². The Morgan fingerprint density at radius 2 is 2.05 bits per heavy atom. The average Bonchev–Trinajstić information content (AvgIpc) is 2.38. The van der Waals surface area contributed by atoms with E-state index in [0.717, 1.165) is 10.5 Å². The molecule has 0 saturated carbocycles. The van der Waals surface area contributed by atoms with Gasteiger partial charge in [-0.15, -0.1) is 0 Å². The van der Waals surface area contributed by atoms with Crippen LogP contribution < -0.4 is 11.3 Å². The SMILES string of the molecule is CCOC(=O)c1cc(C(N)=O)c2cccc(=O)n2c1O. The first-order chi connectivity index (χ1) is 9.47. The lowest BCUT2D eigenvalue weighted by molar-refractivity contribution is 0.0522. The third kappa shape index (κ3) is 2.09. The molecule has 20 heavy (non-hydrogen) atoms. The highest BCUT2D eigenvalue weighted by atomic mass is 16.5. The van der Waals surface area contributed by atoms with Crippen molar-refractivity contribution in [3.8, 4) is 5.88 Å². The highest BCUT2D eigenvalue weighted by Gasteiger charge is 2.20. The number of fused-ring (bicyclic) bond motifs is 1. The summed E-state index contributed by atoms with van der Waals surface area (Å²) in [4.78, 5) is 35.0. The van der Waals surface area contributed by atoms with Gasteiger partial charge in [-0.05, 0) is 19.1 Å². The Morgan fingerprint density at radius 1 is 1.35 bits per heavy atom. The van der Waals surface area contributed by atoms with Crippen LogP contribution in [0.4, 0.5) is 0 Å². The first-order valence-corrected chi connectivity index (χ1v) is 5.82. The maximum atomic E-state index is 11.8. The minimum absolute atomic E-state index is 0.0523. The summed E-state index contributed by atoms with van der Waals surface area (Å²) in [5, 5.41) is 10.0. The number of carbonyl (C=O) groups excluding carboxylic acids is 2. The molecular formula is C13H12N2O5. The van der Waals surface area contributed by atoms with Gasteiger partial charge in [-0.1, -0.05) is 6.07 Å². The maximum absolute atomic E-state index is 11.8. The van der Waals surface area contributed by atoms with Gasteiger partial charge in [0, 0.05) is 6.07 Å². The van der Waals surface area contributed by atoms with Gasteiger partial charge in [0.15, 0.2) is 0 Å². The molecular weight excluding hydrogens is 264 g/mol. The number of rotatable bonds is 3. The van der Waals surface area contributed by atoms with Crippen molar-refractivity contribution in [2.75, 3.05) is 6.61 Å². The number of nitrogens with two attached hydrogens (primary N) is 1. The average molecular weight is 276 g/mol. The number of aromatic hydroxyl groups is 1. The number of aromatic nitrogens is 1. The van der Waals surface area contributed by atoms with Gasteiger partial charge >= 0.3 is 5.97 Å². The molecule has 0 aromatic carbocycles. The van der Waals surface area contributed by atoms with E-state index in [0.29, 0.717) is 0 Å². The number of primary amides is 1. The van der Waals surface area contributed by atoms with Crippen LogP contribution >= 0.6 is 0 Å². The highest BCUT2D eigenvalue weighted by Crippen LogP contribution is 2.22. The first kappa shape index (κ1) is 13.6. The Balaban J connectivity index is 2.89. The van der Waals surface area contributed by atoms with Gasteiger partial charge in [0.25, 0.3) is 11.5 Å². The molecule has 0 radical (unpaired) electrons. The number of pyridine rings is 2. The summed E-state index contributed by atoms with van der Waals surface area (Å²) < 4.78 is 5.61. The van der Waals surface area contributed by atoms with Crippen LogP contribution in [0.1, 0.15) is 27.6 Å². The van der Waals surface area contributed by atoms with E-state index in [1.807, 2.05) is 0 Å². The second kappa shape index (κ2) is 5.04. The molecule has 2 aromatic rings. The molecule has 0 saturated heterocycles. The second-order valence-electron chi connectivity index (χ2n) is 3.96. The normalized spacial score (nSPS) is 10.4. The summed E-state index contributed by atoms with van der Waals surface area (Å²) in [6.07, 6.45) is 0. The number of carbonyl (C=O) groups is 2. The van der Waals surface area contributed by atoms with E-state index in [-0.39, 0.29) is 23.3 Å². The lowest BCUT2D eigenvalue weighted by Gasteiger charge is -2.11. The molecule has 1 amide bonds. The van der Waals surface area contributed by atoms with Crippen LogP contribution in [-0.4, -0.2) is 28.0 Å². The number of hydrogen-bond acceptors (Lipinski definition) is 5. The minimum atomic E-state index is -0.842. The van der Waals surface area contributed by atoms with E-state index in [9.17, 15) is 19.5 Å². The summed E-state index contributed by atoms with van der Waals surface area (Å²) in [7, 11) is 0. The minimum Gasteiger partial charge on any atom is -0.494 e. The largest absolute Gasteiger partial charge is 0.494 e. The molecule has 0 unspecified atom stereocenters. The van der Waals surface area contributed by atoms with Gasteiger partial charge < -0.3 is 15.6 Å². The molecule has 2 rings (SSSR count). The van der Waals surface area contributed by atoms with Crippen LogP contribution in [0.25, 0.3) is 5.52 Å². The third-order valence-corrected chi connectivity index (χ3v) is 2.73. The van der Waals surface area contributed by atoms with Crippen molar-refractivity contribution in [2.45, 2.75) is 6.92 Å². The standard InChI is InChI=1S/C13H12N2O5/c1-2-20-13(19)8-6-7(11(14)17)9-4-3-5-10(16)15(9)12(8)18/h3-6,18H,2H2,1H3,(H2,14,17). The van der Waals surface area contributed by atoms with Crippen LogP contribution in [0.2, 0.25) is 0 Å². The van der Waals surface area contributed by atoms with Gasteiger partial charge in [0.1, 0.15) is 5.56 Å². The van der Waals surface area contributed by atoms with Crippen molar-refractivity contribution < 1.29 is 19.4 Å². The Labute approximate surface area is 113 Å². The Bertz CT molecular complexity index is 763. The van der Waals surface area contributed by atoms with Crippen LogP contribution in [-0.2, 0) is 4.74 Å². The number of esters is 1. The fourth-order valence-corrected chi connectivity index (χ4v) is 1.88. The van der Waals surface area contributed by atoms with Crippen LogP contribution in [0.5, 0.6) is 5.88 Å². The molecule has 0 aliphatic rings.